The monoisotopic (exact) mass is 335 g/mol. The number of hydrogen-bond donors (Lipinski definition) is 2. The average molecular weight is 336 g/mol. The quantitative estimate of drug-likeness (QED) is 0.732. The molecule has 23 heavy (non-hydrogen) atoms. The highest BCUT2D eigenvalue weighted by atomic mass is 16.6. The second-order valence-electron chi connectivity index (χ2n) is 8.25. The minimum atomic E-state index is -0.579. The highest BCUT2D eigenvalue weighted by Gasteiger charge is 2.23. The molecule has 0 aromatic carbocycles. The highest BCUT2D eigenvalue weighted by Crippen LogP contribution is 2.18. The first-order valence-electron chi connectivity index (χ1n) is 7.20. The number of nitrogens with one attached hydrogen (secondary N) is 1. The van der Waals surface area contributed by atoms with Gasteiger partial charge in [-0.1, -0.05) is 56.4 Å². The first-order valence-corrected chi connectivity index (χ1v) is 7.20. The van der Waals surface area contributed by atoms with Gasteiger partial charge in [0, 0.05) is 12.0 Å². The molecule has 5 heteroatoms. The lowest BCUT2D eigenvalue weighted by molar-refractivity contribution is -0.113. The van der Waals surface area contributed by atoms with Crippen molar-refractivity contribution in [2.24, 2.45) is 10.8 Å². The molecule has 1 unspecified atom stereocenters. The van der Waals surface area contributed by atoms with E-state index in [4.69, 9.17) is 4.74 Å². The zero-order valence-corrected chi connectivity index (χ0v) is 15.0. The van der Waals surface area contributed by atoms with Gasteiger partial charge in [-0.25, -0.2) is 4.79 Å². The maximum absolute atomic E-state index is 11.2. The second kappa shape index (κ2) is 11.4. The van der Waals surface area contributed by atoms with Gasteiger partial charge in [-0.05, 0) is 26.2 Å². The van der Waals surface area contributed by atoms with Gasteiger partial charge in [0.1, 0.15) is 11.9 Å². The third kappa shape index (κ3) is 23.3. The first-order chi connectivity index (χ1) is 9.08. The number of rotatable bonds is 2. The minimum absolute atomic E-state index is 0. The topological polar surface area (TPSA) is 75.6 Å². The molecule has 142 valence electrons. The fourth-order valence-corrected chi connectivity index (χ4v) is 0.800. The third-order valence-corrected chi connectivity index (χ3v) is 2.19. The van der Waals surface area contributed by atoms with E-state index in [1.165, 1.54) is 0 Å². The van der Waals surface area contributed by atoms with E-state index in [9.17, 15) is 14.7 Å². The van der Waals surface area contributed by atoms with Crippen molar-refractivity contribution >= 4 is 12.4 Å². The van der Waals surface area contributed by atoms with Crippen molar-refractivity contribution in [3.63, 3.8) is 0 Å². The fourth-order valence-electron chi connectivity index (χ4n) is 0.800. The number of hydrogen-bond acceptors (Lipinski definition) is 4. The Morgan fingerprint density at radius 3 is 1.61 bits per heavy atom. The van der Waals surface area contributed by atoms with E-state index in [2.05, 4.69) is 5.32 Å². The average Bonchev–Trinajstić information content (AvgIpc) is 2.22. The molecule has 0 radical (unpaired) electrons. The molecule has 2 N–H and O–H groups in total. The van der Waals surface area contributed by atoms with Crippen LogP contribution in [0.15, 0.2) is 0 Å². The molecule has 1 atom stereocenters. The van der Waals surface area contributed by atoms with E-state index in [0.717, 1.165) is 6.29 Å². The van der Waals surface area contributed by atoms with E-state index in [0.29, 0.717) is 0 Å². The number of carbonyl (C=O) groups is 2. The number of ether oxygens (including phenoxy) is 1. The Morgan fingerprint density at radius 2 is 1.39 bits per heavy atom. The number of carbonyl (C=O) groups excluding carboxylic acids is 2. The van der Waals surface area contributed by atoms with Crippen LogP contribution in [-0.2, 0) is 9.53 Å². The summed E-state index contributed by atoms with van der Waals surface area (Å²) in [5.74, 6) is 0. The maximum atomic E-state index is 11.2. The predicted molar refractivity (Wildman–Crippen MR) is 98.7 cm³/mol. The van der Waals surface area contributed by atoms with Gasteiger partial charge < -0.3 is 20.0 Å². The van der Waals surface area contributed by atoms with Gasteiger partial charge >= 0.3 is 6.09 Å². The molecule has 0 fully saturated rings. The summed E-state index contributed by atoms with van der Waals surface area (Å²) in [6.45, 7) is 17.0. The van der Waals surface area contributed by atoms with Crippen LogP contribution >= 0.6 is 0 Å². The number of aldehydes is 1. The molecule has 0 aromatic rings. The van der Waals surface area contributed by atoms with E-state index >= 15 is 0 Å². The summed E-state index contributed by atoms with van der Waals surface area (Å²) in [5.41, 5.74) is -0.883. The van der Waals surface area contributed by atoms with Gasteiger partial charge in [0.15, 0.2) is 0 Å². The molecular formula is C18H41NO4. The Hall–Kier alpha value is -1.10. The number of alkyl carbamates (subject to hydrolysis) is 1. The molecular weight excluding hydrogens is 294 g/mol. The van der Waals surface area contributed by atoms with E-state index in [1.807, 2.05) is 41.5 Å². The molecule has 0 aromatic heterocycles. The zero-order valence-electron chi connectivity index (χ0n) is 15.0. The molecule has 0 aliphatic carbocycles. The SMILES string of the molecule is C.C.CC(C)(C)C=O.CC(C)(C)OC(=O)NCC(O)C(C)(C)C. The van der Waals surface area contributed by atoms with E-state index < -0.39 is 17.8 Å². The maximum Gasteiger partial charge on any atom is 0.407 e. The summed E-state index contributed by atoms with van der Waals surface area (Å²) < 4.78 is 5.04. The van der Waals surface area contributed by atoms with Crippen molar-refractivity contribution in [2.75, 3.05) is 6.54 Å². The van der Waals surface area contributed by atoms with Crippen LogP contribution in [0, 0.1) is 10.8 Å². The van der Waals surface area contributed by atoms with Crippen LogP contribution in [0.3, 0.4) is 0 Å². The summed E-state index contributed by atoms with van der Waals surface area (Å²) in [6, 6.07) is 0. The summed E-state index contributed by atoms with van der Waals surface area (Å²) >= 11 is 0. The summed E-state index contributed by atoms with van der Waals surface area (Å²) in [6.07, 6.45) is -0.136. The van der Waals surface area contributed by atoms with Crippen LogP contribution in [0.1, 0.15) is 77.2 Å². The number of aliphatic hydroxyl groups excluding tert-OH is 1. The van der Waals surface area contributed by atoms with E-state index in [1.54, 1.807) is 20.8 Å². The van der Waals surface area contributed by atoms with Gasteiger partial charge in [0.2, 0.25) is 0 Å². The van der Waals surface area contributed by atoms with Crippen molar-refractivity contribution in [1.29, 1.82) is 0 Å². The van der Waals surface area contributed by atoms with Crippen LogP contribution in [0.2, 0.25) is 0 Å². The number of amides is 1. The Balaban J connectivity index is -0.000000194. The highest BCUT2D eigenvalue weighted by molar-refractivity contribution is 5.67. The molecule has 0 heterocycles. The van der Waals surface area contributed by atoms with Crippen LogP contribution < -0.4 is 5.32 Å². The second-order valence-corrected chi connectivity index (χ2v) is 8.25. The predicted octanol–water partition coefficient (Wildman–Crippen LogP) is 4.42. The van der Waals surface area contributed by atoms with Gasteiger partial charge in [-0.3, -0.25) is 0 Å². The molecule has 0 saturated carbocycles. The zero-order chi connectivity index (χ0) is 17.5. The third-order valence-electron chi connectivity index (χ3n) is 2.19. The van der Waals surface area contributed by atoms with Crippen molar-refractivity contribution in [1.82, 2.24) is 5.32 Å². The largest absolute Gasteiger partial charge is 0.444 e. The molecule has 5 nitrogen and oxygen atoms in total. The van der Waals surface area contributed by atoms with Gasteiger partial charge in [-0.15, -0.1) is 0 Å². The summed E-state index contributed by atoms with van der Waals surface area (Å²) in [5, 5.41) is 12.2. The Bertz CT molecular complexity index is 319. The Labute approximate surface area is 144 Å². The molecule has 0 bridgehead atoms. The summed E-state index contributed by atoms with van der Waals surface area (Å²) in [4.78, 5) is 21.1. The lowest BCUT2D eigenvalue weighted by Gasteiger charge is -2.26. The lowest BCUT2D eigenvalue weighted by atomic mass is 9.89. The van der Waals surface area contributed by atoms with Crippen LogP contribution in [0.4, 0.5) is 4.79 Å². The molecule has 0 aliphatic rings. The van der Waals surface area contributed by atoms with Gasteiger partial charge in [0.25, 0.3) is 0 Å². The van der Waals surface area contributed by atoms with Crippen LogP contribution in [0.5, 0.6) is 0 Å². The molecule has 0 rings (SSSR count). The minimum Gasteiger partial charge on any atom is -0.444 e. The molecule has 0 spiro atoms. The fraction of sp³-hybridized carbons (Fsp3) is 0.889. The molecule has 0 saturated heterocycles. The van der Waals surface area contributed by atoms with Crippen molar-refractivity contribution in [3.05, 3.63) is 0 Å². The molecule has 0 aliphatic heterocycles. The van der Waals surface area contributed by atoms with Gasteiger partial charge in [-0.2, -0.15) is 0 Å². The van der Waals surface area contributed by atoms with Crippen LogP contribution in [0.25, 0.3) is 0 Å². The summed E-state index contributed by atoms with van der Waals surface area (Å²) in [7, 11) is 0. The normalized spacial score (nSPS) is 12.4. The van der Waals surface area contributed by atoms with Crippen molar-refractivity contribution < 1.29 is 19.4 Å². The standard InChI is InChI=1S/C11H23NO3.C5H10O.2CH4/c1-10(2,3)8(13)7-12-9(14)15-11(4,5)6;1-5(2,3)4-6;;/h8,13H,7H2,1-6H3,(H,12,14);4H,1-3H3;2*1H4. The van der Waals surface area contributed by atoms with Crippen molar-refractivity contribution in [2.45, 2.75) is 88.9 Å². The lowest BCUT2D eigenvalue weighted by Crippen LogP contribution is -2.41. The van der Waals surface area contributed by atoms with E-state index in [-0.39, 0.29) is 32.2 Å². The smallest absolute Gasteiger partial charge is 0.407 e. The number of aliphatic hydroxyl groups is 1. The van der Waals surface area contributed by atoms with Crippen molar-refractivity contribution in [3.8, 4) is 0 Å². The van der Waals surface area contributed by atoms with Gasteiger partial charge in [0.05, 0.1) is 6.10 Å². The molecule has 1 amide bonds. The van der Waals surface area contributed by atoms with Crippen LogP contribution in [-0.4, -0.2) is 35.7 Å². The Morgan fingerprint density at radius 1 is 1.04 bits per heavy atom. The first kappa shape index (κ1) is 29.9. The Kier molecular flexibility index (Phi) is 14.8.